The highest BCUT2D eigenvalue weighted by Gasteiger charge is 2.23. The Morgan fingerprint density at radius 2 is 0.977 bits per heavy atom. The second kappa shape index (κ2) is 9.09. The van der Waals surface area contributed by atoms with E-state index in [1.807, 2.05) is 23.9 Å². The van der Waals surface area contributed by atoms with E-state index in [9.17, 15) is 0 Å². The molecule has 2 heterocycles. The van der Waals surface area contributed by atoms with Crippen LogP contribution in [0.2, 0.25) is 0 Å². The van der Waals surface area contributed by atoms with Gasteiger partial charge in [0.05, 0.1) is 0 Å². The monoisotopic (exact) mass is 576 g/mol. The van der Waals surface area contributed by atoms with Gasteiger partial charge in [-0.15, -0.1) is 0 Å². The molecule has 0 unspecified atom stereocenters. The third-order valence-corrected chi connectivity index (χ3v) is 10.4. The number of furan rings is 1. The number of hydrogen-bond donors (Lipinski definition) is 0. The van der Waals surface area contributed by atoms with Crippen molar-refractivity contribution in [3.8, 4) is 33.4 Å². The molecule has 1 aliphatic rings. The van der Waals surface area contributed by atoms with E-state index >= 15 is 0 Å². The van der Waals surface area contributed by atoms with Crippen molar-refractivity contribution in [2.45, 2.75) is 9.79 Å². The first kappa shape index (κ1) is 24.2. The van der Waals surface area contributed by atoms with Crippen molar-refractivity contribution in [3.05, 3.63) is 146 Å². The van der Waals surface area contributed by atoms with Gasteiger partial charge >= 0.3 is 0 Å². The van der Waals surface area contributed by atoms with Crippen molar-refractivity contribution in [1.29, 1.82) is 0 Å². The summed E-state index contributed by atoms with van der Waals surface area (Å²) in [6.45, 7) is 0. The summed E-state index contributed by atoms with van der Waals surface area (Å²) in [5, 5.41) is 10.0. The second-order valence-corrected chi connectivity index (χ2v) is 12.7. The maximum atomic E-state index is 6.19. The molecule has 1 aromatic heterocycles. The summed E-state index contributed by atoms with van der Waals surface area (Å²) < 4.78 is 6.19. The molecule has 8 aromatic carbocycles. The van der Waals surface area contributed by atoms with Crippen LogP contribution in [0.4, 0.5) is 0 Å². The van der Waals surface area contributed by atoms with E-state index in [-0.39, 0.29) is 0 Å². The first-order valence-corrected chi connectivity index (χ1v) is 15.8. The Bertz CT molecular complexity index is 2580. The smallest absolute Gasteiger partial charge is 0.135 e. The van der Waals surface area contributed by atoms with Crippen molar-refractivity contribution in [3.63, 3.8) is 0 Å². The summed E-state index contributed by atoms with van der Waals surface area (Å²) in [6.07, 6.45) is 0. The van der Waals surface area contributed by atoms with Gasteiger partial charge in [-0.2, -0.15) is 0 Å². The molecule has 0 saturated heterocycles. The molecule has 44 heavy (non-hydrogen) atoms. The van der Waals surface area contributed by atoms with Gasteiger partial charge in [0.15, 0.2) is 0 Å². The summed E-state index contributed by atoms with van der Waals surface area (Å²) in [5.74, 6) is 0. The molecule has 0 bridgehead atoms. The van der Waals surface area contributed by atoms with Crippen LogP contribution in [0.5, 0.6) is 0 Å². The van der Waals surface area contributed by atoms with E-state index < -0.39 is 0 Å². The van der Waals surface area contributed by atoms with Gasteiger partial charge in [-0.3, -0.25) is 0 Å². The molecule has 0 spiro atoms. The lowest BCUT2D eigenvalue weighted by Gasteiger charge is -2.23. The zero-order valence-electron chi connectivity index (χ0n) is 23.7. The first-order valence-electron chi connectivity index (χ1n) is 15.0. The quantitative estimate of drug-likeness (QED) is 0.190. The molecule has 1 nitrogen and oxygen atoms in total. The predicted octanol–water partition coefficient (Wildman–Crippen LogP) is 12.5. The number of rotatable bonds is 2. The van der Waals surface area contributed by atoms with E-state index in [2.05, 4.69) is 133 Å². The Balaban J connectivity index is 1.31. The van der Waals surface area contributed by atoms with Crippen molar-refractivity contribution in [1.82, 2.24) is 0 Å². The zero-order chi connectivity index (χ0) is 28.8. The average molecular weight is 577 g/mol. The van der Waals surface area contributed by atoms with E-state index in [4.69, 9.17) is 4.42 Å². The molecule has 0 atom stereocenters. The van der Waals surface area contributed by atoms with Gasteiger partial charge < -0.3 is 4.42 Å². The fourth-order valence-corrected chi connectivity index (χ4v) is 8.54. The Morgan fingerprint density at radius 1 is 0.364 bits per heavy atom. The maximum Gasteiger partial charge on any atom is 0.135 e. The Labute approximate surface area is 258 Å². The van der Waals surface area contributed by atoms with Crippen LogP contribution in [0.15, 0.2) is 160 Å². The van der Waals surface area contributed by atoms with Gasteiger partial charge in [0.1, 0.15) is 11.2 Å². The third kappa shape index (κ3) is 3.32. The van der Waals surface area contributed by atoms with Gasteiger partial charge in [-0.25, -0.2) is 0 Å². The number of hydrogen-bond acceptors (Lipinski definition) is 2. The van der Waals surface area contributed by atoms with Gasteiger partial charge in [-0.1, -0.05) is 127 Å². The molecule has 0 fully saturated rings. The lowest BCUT2D eigenvalue weighted by molar-refractivity contribution is 0.669. The fourth-order valence-electron chi connectivity index (χ4n) is 7.41. The van der Waals surface area contributed by atoms with E-state index in [1.165, 1.54) is 75.5 Å². The topological polar surface area (TPSA) is 13.1 Å². The average Bonchev–Trinajstić information content (AvgIpc) is 3.46. The van der Waals surface area contributed by atoms with Crippen LogP contribution in [0.3, 0.4) is 0 Å². The van der Waals surface area contributed by atoms with Crippen molar-refractivity contribution >= 4 is 66.0 Å². The number of fused-ring (bicyclic) bond motifs is 7. The zero-order valence-corrected chi connectivity index (χ0v) is 24.5. The van der Waals surface area contributed by atoms with Crippen LogP contribution in [0, 0.1) is 0 Å². The molecule has 0 saturated carbocycles. The molecule has 0 aliphatic carbocycles. The lowest BCUT2D eigenvalue weighted by Crippen LogP contribution is -1.95. The highest BCUT2D eigenvalue weighted by molar-refractivity contribution is 7.99. The minimum atomic E-state index is 0.920. The summed E-state index contributed by atoms with van der Waals surface area (Å²) in [5.41, 5.74) is 9.52. The Hall–Kier alpha value is -5.31. The highest BCUT2D eigenvalue weighted by atomic mass is 32.2. The lowest BCUT2D eigenvalue weighted by atomic mass is 9.84. The summed E-state index contributed by atoms with van der Waals surface area (Å²) in [7, 11) is 0. The molecule has 0 radical (unpaired) electrons. The van der Waals surface area contributed by atoms with Gasteiger partial charge in [0, 0.05) is 25.9 Å². The maximum absolute atomic E-state index is 6.19. The fraction of sp³-hybridized carbons (Fsp3) is 0. The van der Waals surface area contributed by atoms with Crippen molar-refractivity contribution < 1.29 is 4.42 Å². The van der Waals surface area contributed by atoms with Gasteiger partial charge in [-0.05, 0) is 90.6 Å². The van der Waals surface area contributed by atoms with Crippen LogP contribution < -0.4 is 0 Å². The minimum Gasteiger partial charge on any atom is -0.456 e. The first-order chi connectivity index (χ1) is 21.8. The summed E-state index contributed by atoms with van der Waals surface area (Å²) >= 11 is 1.88. The Kier molecular flexibility index (Phi) is 5.00. The summed E-state index contributed by atoms with van der Waals surface area (Å²) in [6, 6.07) is 53.1. The standard InChI is InChI=1S/C42H24OS/c1-3-14-31-29(12-1)40(25-20-22-37-35(24-25)26-10-5-7-18-36(26)43-37)30-13-2-4-15-32(30)41(31)34-21-23-39-42-28(16-9-17-33(34)42)27-11-6-8-19-38(27)44-39/h1-24H. The number of para-hydroxylation sites is 1. The van der Waals surface area contributed by atoms with Crippen LogP contribution in [-0.4, -0.2) is 0 Å². The molecule has 1 aliphatic heterocycles. The van der Waals surface area contributed by atoms with Crippen LogP contribution in [0.25, 0.3) is 87.6 Å². The minimum absolute atomic E-state index is 0.920. The van der Waals surface area contributed by atoms with E-state index in [1.54, 1.807) is 0 Å². The van der Waals surface area contributed by atoms with Gasteiger partial charge in [0.2, 0.25) is 0 Å². The molecule has 0 N–H and O–H groups in total. The second-order valence-electron chi connectivity index (χ2n) is 11.6. The van der Waals surface area contributed by atoms with Crippen molar-refractivity contribution in [2.75, 3.05) is 0 Å². The molecule has 2 heteroatoms. The van der Waals surface area contributed by atoms with Gasteiger partial charge in [0.25, 0.3) is 0 Å². The summed E-state index contributed by atoms with van der Waals surface area (Å²) in [4.78, 5) is 2.65. The third-order valence-electron chi connectivity index (χ3n) is 9.27. The van der Waals surface area contributed by atoms with E-state index in [0.29, 0.717) is 0 Å². The van der Waals surface area contributed by atoms with Crippen LogP contribution in [0.1, 0.15) is 0 Å². The number of benzene rings is 8. The normalized spacial score (nSPS) is 12.5. The van der Waals surface area contributed by atoms with Crippen LogP contribution >= 0.6 is 11.8 Å². The van der Waals surface area contributed by atoms with Crippen LogP contribution in [-0.2, 0) is 0 Å². The van der Waals surface area contributed by atoms with Crippen molar-refractivity contribution in [2.24, 2.45) is 0 Å². The Morgan fingerprint density at radius 3 is 1.77 bits per heavy atom. The van der Waals surface area contributed by atoms with E-state index in [0.717, 1.165) is 21.9 Å². The molecule has 9 aromatic rings. The molecular formula is C42H24OS. The highest BCUT2D eigenvalue weighted by Crippen LogP contribution is 2.52. The molecule has 204 valence electrons. The molecule has 10 rings (SSSR count). The molecular weight excluding hydrogens is 553 g/mol. The predicted molar refractivity (Wildman–Crippen MR) is 187 cm³/mol. The largest absolute Gasteiger partial charge is 0.456 e. The molecule has 0 amide bonds. The SMILES string of the molecule is c1ccc2c(c1)Sc1ccc(-c3c4ccccc4c(-c4ccc5oc6ccccc6c5c4)c4ccccc34)c3cccc-2c13.